The van der Waals surface area contributed by atoms with E-state index in [0.717, 1.165) is 11.1 Å². The molecule has 2 aromatic heterocycles. The van der Waals surface area contributed by atoms with Gasteiger partial charge in [0.25, 0.3) is 5.78 Å². The summed E-state index contributed by atoms with van der Waals surface area (Å²) in [5.74, 6) is 0.617. The normalized spacial score (nSPS) is 13.0. The smallest absolute Gasteiger partial charge is 0.252 e. The molecule has 0 aliphatic carbocycles. The van der Waals surface area contributed by atoms with Gasteiger partial charge >= 0.3 is 0 Å². The van der Waals surface area contributed by atoms with Gasteiger partial charge in [0.05, 0.1) is 0 Å². The van der Waals surface area contributed by atoms with Crippen LogP contribution in [0.5, 0.6) is 0 Å². The number of nitrogens with zero attached hydrogens (tertiary/aromatic N) is 5. The van der Waals surface area contributed by atoms with E-state index in [1.807, 2.05) is 12.4 Å². The second-order valence-electron chi connectivity index (χ2n) is 5.11. The van der Waals surface area contributed by atoms with E-state index in [1.54, 1.807) is 4.52 Å². The van der Waals surface area contributed by atoms with E-state index in [1.165, 1.54) is 11.9 Å². The molecule has 3 aromatic rings. The summed E-state index contributed by atoms with van der Waals surface area (Å²) < 4.78 is 1.69. The molecule has 5 nitrogen and oxygen atoms in total. The van der Waals surface area contributed by atoms with Gasteiger partial charge in [0, 0.05) is 24.0 Å². The van der Waals surface area contributed by atoms with E-state index < -0.39 is 0 Å². The molecule has 5 heteroatoms. The van der Waals surface area contributed by atoms with Crippen molar-refractivity contribution < 1.29 is 0 Å². The van der Waals surface area contributed by atoms with Gasteiger partial charge in [0.2, 0.25) is 0 Å². The molecule has 2 heterocycles. The van der Waals surface area contributed by atoms with Gasteiger partial charge in [-0.1, -0.05) is 24.3 Å². The molecular weight excluding hydrogens is 250 g/mol. The number of fused-ring (bicyclic) bond motifs is 1. The van der Waals surface area contributed by atoms with Crippen LogP contribution in [0.1, 0.15) is 18.5 Å². The van der Waals surface area contributed by atoms with Gasteiger partial charge in [-0.25, -0.2) is 9.50 Å². The Morgan fingerprint density at radius 3 is 2.50 bits per heavy atom. The van der Waals surface area contributed by atoms with Crippen LogP contribution in [-0.4, -0.2) is 38.6 Å². The standard InChI is InChI=1S/C15H17N5/c1-11(19(2)3)12-4-6-13(7-5-12)14-8-16-15-17-10-18-20(15)9-14/h4-11H,1-3H3/t11-/m1/s1. The highest BCUT2D eigenvalue weighted by Crippen LogP contribution is 2.23. The summed E-state index contributed by atoms with van der Waals surface area (Å²) in [6.07, 6.45) is 5.28. The zero-order valence-corrected chi connectivity index (χ0v) is 11.9. The van der Waals surface area contributed by atoms with Crippen LogP contribution >= 0.6 is 0 Å². The molecule has 0 bridgehead atoms. The highest BCUT2D eigenvalue weighted by molar-refractivity contribution is 5.62. The molecule has 1 atom stereocenters. The average molecular weight is 267 g/mol. The fourth-order valence-electron chi connectivity index (χ4n) is 2.12. The molecule has 0 aliphatic heterocycles. The van der Waals surface area contributed by atoms with E-state index in [0.29, 0.717) is 11.8 Å². The van der Waals surface area contributed by atoms with Crippen molar-refractivity contribution in [2.24, 2.45) is 0 Å². The molecule has 0 saturated heterocycles. The second kappa shape index (κ2) is 5.02. The van der Waals surface area contributed by atoms with E-state index in [-0.39, 0.29) is 0 Å². The molecule has 0 radical (unpaired) electrons. The monoisotopic (exact) mass is 267 g/mol. The summed E-state index contributed by atoms with van der Waals surface area (Å²) in [4.78, 5) is 10.5. The molecule has 3 rings (SSSR count). The summed E-state index contributed by atoms with van der Waals surface area (Å²) in [7, 11) is 4.17. The fraction of sp³-hybridized carbons (Fsp3) is 0.267. The first-order chi connectivity index (χ1) is 9.65. The topological polar surface area (TPSA) is 46.3 Å². The third kappa shape index (κ3) is 2.28. The quantitative estimate of drug-likeness (QED) is 0.731. The lowest BCUT2D eigenvalue weighted by Gasteiger charge is -2.20. The Kier molecular flexibility index (Phi) is 3.20. The molecule has 20 heavy (non-hydrogen) atoms. The zero-order chi connectivity index (χ0) is 14.1. The summed E-state index contributed by atoms with van der Waals surface area (Å²) in [6.45, 7) is 2.19. The number of hydrogen-bond donors (Lipinski definition) is 0. The average Bonchev–Trinajstić information content (AvgIpc) is 2.94. The third-order valence-corrected chi connectivity index (χ3v) is 3.64. The predicted octanol–water partition coefficient (Wildman–Crippen LogP) is 2.41. The van der Waals surface area contributed by atoms with E-state index in [9.17, 15) is 0 Å². The van der Waals surface area contributed by atoms with Crippen LogP contribution in [0.25, 0.3) is 16.9 Å². The van der Waals surface area contributed by atoms with E-state index in [4.69, 9.17) is 0 Å². The molecule has 0 amide bonds. The van der Waals surface area contributed by atoms with E-state index >= 15 is 0 Å². The van der Waals surface area contributed by atoms with Gasteiger partial charge in [-0.15, -0.1) is 0 Å². The number of aromatic nitrogens is 4. The lowest BCUT2D eigenvalue weighted by atomic mass is 10.0. The Labute approximate surface area is 117 Å². The van der Waals surface area contributed by atoms with Gasteiger partial charge in [-0.05, 0) is 32.1 Å². The minimum atomic E-state index is 0.403. The number of benzene rings is 1. The summed E-state index contributed by atoms with van der Waals surface area (Å²) in [6, 6.07) is 8.96. The van der Waals surface area contributed by atoms with Crippen molar-refractivity contribution in [2.45, 2.75) is 13.0 Å². The van der Waals surface area contributed by atoms with Gasteiger partial charge in [-0.3, -0.25) is 0 Å². The molecule has 1 aromatic carbocycles. The van der Waals surface area contributed by atoms with Crippen molar-refractivity contribution in [3.05, 3.63) is 48.5 Å². The first-order valence-electron chi connectivity index (χ1n) is 6.57. The SMILES string of the molecule is C[C@H](c1ccc(-c2cnc3ncnn3c2)cc1)N(C)C. The Morgan fingerprint density at radius 1 is 1.05 bits per heavy atom. The maximum absolute atomic E-state index is 4.28. The molecule has 0 unspecified atom stereocenters. The molecule has 0 spiro atoms. The maximum atomic E-state index is 4.28. The van der Waals surface area contributed by atoms with Crippen molar-refractivity contribution >= 4 is 5.78 Å². The largest absolute Gasteiger partial charge is 0.303 e. The first-order valence-corrected chi connectivity index (χ1v) is 6.57. The number of rotatable bonds is 3. The van der Waals surface area contributed by atoms with Crippen LogP contribution < -0.4 is 0 Å². The molecular formula is C15H17N5. The van der Waals surface area contributed by atoms with Crippen molar-refractivity contribution in [1.29, 1.82) is 0 Å². The Bertz CT molecular complexity index is 714. The molecule has 102 valence electrons. The van der Waals surface area contributed by atoms with E-state index in [2.05, 4.69) is 65.3 Å². The predicted molar refractivity (Wildman–Crippen MR) is 78.3 cm³/mol. The maximum Gasteiger partial charge on any atom is 0.252 e. The Balaban J connectivity index is 1.94. The molecule has 0 aliphatic rings. The van der Waals surface area contributed by atoms with Crippen LogP contribution in [0.3, 0.4) is 0 Å². The molecule has 0 N–H and O–H groups in total. The summed E-state index contributed by atoms with van der Waals surface area (Å²) >= 11 is 0. The minimum absolute atomic E-state index is 0.403. The van der Waals surface area contributed by atoms with Crippen molar-refractivity contribution in [3.8, 4) is 11.1 Å². The van der Waals surface area contributed by atoms with Gasteiger partial charge in [-0.2, -0.15) is 10.1 Å². The van der Waals surface area contributed by atoms with Gasteiger partial charge < -0.3 is 4.90 Å². The Hall–Kier alpha value is -2.27. The fourth-order valence-corrected chi connectivity index (χ4v) is 2.12. The Morgan fingerprint density at radius 2 is 1.80 bits per heavy atom. The summed E-state index contributed by atoms with van der Waals surface area (Å²) in [5, 5.41) is 4.11. The van der Waals surface area contributed by atoms with Crippen LogP contribution in [0, 0.1) is 0 Å². The van der Waals surface area contributed by atoms with Crippen LogP contribution in [-0.2, 0) is 0 Å². The van der Waals surface area contributed by atoms with Crippen LogP contribution in [0.2, 0.25) is 0 Å². The minimum Gasteiger partial charge on any atom is -0.303 e. The highest BCUT2D eigenvalue weighted by atomic mass is 15.3. The zero-order valence-electron chi connectivity index (χ0n) is 11.9. The first kappa shape index (κ1) is 12.7. The van der Waals surface area contributed by atoms with Crippen LogP contribution in [0.15, 0.2) is 43.0 Å². The second-order valence-corrected chi connectivity index (χ2v) is 5.11. The lowest BCUT2D eigenvalue weighted by molar-refractivity contribution is 0.321. The number of hydrogen-bond acceptors (Lipinski definition) is 4. The molecule has 0 saturated carbocycles. The highest BCUT2D eigenvalue weighted by Gasteiger charge is 2.08. The van der Waals surface area contributed by atoms with Crippen molar-refractivity contribution in [2.75, 3.05) is 14.1 Å². The van der Waals surface area contributed by atoms with Crippen molar-refractivity contribution in [1.82, 2.24) is 24.5 Å². The van der Waals surface area contributed by atoms with Gasteiger partial charge in [0.1, 0.15) is 6.33 Å². The third-order valence-electron chi connectivity index (χ3n) is 3.64. The summed E-state index contributed by atoms with van der Waals surface area (Å²) in [5.41, 5.74) is 3.46. The van der Waals surface area contributed by atoms with Gasteiger partial charge in [0.15, 0.2) is 0 Å². The van der Waals surface area contributed by atoms with Crippen LogP contribution in [0.4, 0.5) is 0 Å². The lowest BCUT2D eigenvalue weighted by Crippen LogP contribution is -2.16. The molecule has 0 fully saturated rings. The van der Waals surface area contributed by atoms with Crippen molar-refractivity contribution in [3.63, 3.8) is 0 Å².